The molecule has 34 heavy (non-hydrogen) atoms. The number of carbonyl (C=O) groups is 1. The van der Waals surface area contributed by atoms with E-state index in [0.717, 1.165) is 12.1 Å². The number of amides is 1. The summed E-state index contributed by atoms with van der Waals surface area (Å²) in [7, 11) is 0. The molecule has 1 aliphatic heterocycles. The number of nitrogens with one attached hydrogen (secondary N) is 1. The highest BCUT2D eigenvalue weighted by molar-refractivity contribution is 6.35. The van der Waals surface area contributed by atoms with Crippen molar-refractivity contribution in [1.29, 1.82) is 0 Å². The Hall–Kier alpha value is -2.88. The number of aliphatic imine (C=N–C) groups is 1. The van der Waals surface area contributed by atoms with E-state index in [-0.39, 0.29) is 22.6 Å². The highest BCUT2D eigenvalue weighted by Crippen LogP contribution is 2.44. The third kappa shape index (κ3) is 4.55. The molecule has 11 heteroatoms. The van der Waals surface area contributed by atoms with Crippen LogP contribution in [0.4, 0.5) is 24.5 Å². The molecule has 3 aromatic rings. The molecule has 0 bridgehead atoms. The van der Waals surface area contributed by atoms with E-state index in [1.165, 1.54) is 18.3 Å². The first-order valence-corrected chi connectivity index (χ1v) is 10.3. The van der Waals surface area contributed by atoms with Crippen molar-refractivity contribution in [2.24, 2.45) is 10.8 Å². The Kier molecular flexibility index (Phi) is 7.40. The third-order valence-corrected chi connectivity index (χ3v) is 5.77. The van der Waals surface area contributed by atoms with Crippen molar-refractivity contribution < 1.29 is 18.0 Å². The maximum absolute atomic E-state index is 13.2. The minimum absolute atomic E-state index is 0. The van der Waals surface area contributed by atoms with Crippen LogP contribution in [-0.4, -0.2) is 11.7 Å². The van der Waals surface area contributed by atoms with Crippen LogP contribution in [-0.2, 0) is 11.0 Å². The van der Waals surface area contributed by atoms with Gasteiger partial charge in [-0.1, -0.05) is 35.3 Å². The summed E-state index contributed by atoms with van der Waals surface area (Å²) in [6.07, 6.45) is -3.00. The van der Waals surface area contributed by atoms with Crippen molar-refractivity contribution >= 4 is 58.7 Å². The molecule has 4 rings (SSSR count). The minimum Gasteiger partial charge on any atom is -0.289 e. The number of nitrogens with two attached hydrogens (primary N) is 1. The third-order valence-electron chi connectivity index (χ3n) is 5.19. The molecule has 1 aliphatic rings. The molecule has 3 N–H and O–H groups in total. The Bertz CT molecular complexity index is 1280. The zero-order valence-corrected chi connectivity index (χ0v) is 19.5. The summed E-state index contributed by atoms with van der Waals surface area (Å²) in [5.41, 5.74) is 2.66. The maximum Gasteiger partial charge on any atom is 0.416 e. The minimum atomic E-state index is -4.51. The smallest absolute Gasteiger partial charge is 0.289 e. The van der Waals surface area contributed by atoms with E-state index in [2.05, 4.69) is 4.99 Å². The number of rotatable bonds is 4. The topological polar surface area (TPSA) is 67.5 Å². The average molecular weight is 529 g/mol. The Labute approximate surface area is 209 Å². The molecule has 1 atom stereocenters. The van der Waals surface area contributed by atoms with Crippen LogP contribution in [0.2, 0.25) is 10.0 Å². The van der Waals surface area contributed by atoms with Gasteiger partial charge in [0.25, 0.3) is 11.7 Å². The van der Waals surface area contributed by atoms with Gasteiger partial charge in [-0.25, -0.2) is 5.84 Å². The number of carbonyl (C=O) groups excluding carboxylic acids is 1. The van der Waals surface area contributed by atoms with Gasteiger partial charge in [0.15, 0.2) is 5.70 Å². The van der Waals surface area contributed by atoms with Crippen LogP contribution < -0.4 is 15.8 Å². The molecule has 0 spiro atoms. The van der Waals surface area contributed by atoms with E-state index in [1.54, 1.807) is 48.5 Å². The van der Waals surface area contributed by atoms with E-state index >= 15 is 0 Å². The van der Waals surface area contributed by atoms with Gasteiger partial charge in [-0.2, -0.15) is 22.6 Å². The van der Waals surface area contributed by atoms with Crippen LogP contribution in [0.3, 0.4) is 0 Å². The molecule has 0 aromatic heterocycles. The van der Waals surface area contributed by atoms with Crippen LogP contribution in [0.25, 0.3) is 0 Å². The summed E-state index contributed by atoms with van der Waals surface area (Å²) < 4.78 is 39.4. The van der Waals surface area contributed by atoms with Crippen LogP contribution >= 0.6 is 35.6 Å². The molecule has 1 heterocycles. The molecule has 0 aliphatic carbocycles. The fourth-order valence-corrected chi connectivity index (χ4v) is 3.99. The number of hydrazine groups is 1. The number of benzene rings is 3. The van der Waals surface area contributed by atoms with Gasteiger partial charge >= 0.3 is 6.18 Å². The monoisotopic (exact) mass is 527 g/mol. The Balaban J connectivity index is 0.00000324. The van der Waals surface area contributed by atoms with Gasteiger partial charge in [0.2, 0.25) is 0 Å². The van der Waals surface area contributed by atoms with Crippen LogP contribution in [0.15, 0.2) is 89.7 Å². The second-order valence-electron chi connectivity index (χ2n) is 7.15. The van der Waals surface area contributed by atoms with Crippen molar-refractivity contribution in [2.45, 2.75) is 6.18 Å². The van der Waals surface area contributed by atoms with Crippen molar-refractivity contribution in [1.82, 2.24) is 9.91 Å². The van der Waals surface area contributed by atoms with Crippen LogP contribution in [0.5, 0.6) is 0 Å². The highest BCUT2D eigenvalue weighted by Gasteiger charge is 2.46. The second-order valence-corrected chi connectivity index (χ2v) is 7.99. The average Bonchev–Trinajstić information content (AvgIpc) is 3.20. The van der Waals surface area contributed by atoms with E-state index in [1.807, 2.05) is 5.43 Å². The Morgan fingerprint density at radius 2 is 1.47 bits per heavy atom. The lowest BCUT2D eigenvalue weighted by atomic mass is 10.1. The van der Waals surface area contributed by atoms with Gasteiger partial charge in [-0.3, -0.25) is 10.2 Å². The first-order chi connectivity index (χ1) is 15.7. The second kappa shape index (κ2) is 9.77. The van der Waals surface area contributed by atoms with Crippen molar-refractivity contribution in [3.8, 4) is 0 Å². The molecule has 5 nitrogen and oxygen atoms in total. The zero-order valence-electron chi connectivity index (χ0n) is 17.2. The van der Waals surface area contributed by atoms with Gasteiger partial charge in [-0.15, -0.1) is 12.4 Å². The van der Waals surface area contributed by atoms with Gasteiger partial charge < -0.3 is 0 Å². The molecule has 0 saturated heterocycles. The van der Waals surface area contributed by atoms with E-state index in [9.17, 15) is 18.0 Å². The van der Waals surface area contributed by atoms with E-state index in [0.29, 0.717) is 32.8 Å². The molecule has 1 amide bonds. The summed E-state index contributed by atoms with van der Waals surface area (Å²) in [5, 5.41) is 0.811. The Morgan fingerprint density at radius 3 is 2.00 bits per heavy atom. The van der Waals surface area contributed by atoms with Crippen LogP contribution in [0.1, 0.15) is 11.1 Å². The lowest BCUT2D eigenvalue weighted by Gasteiger charge is -2.32. The van der Waals surface area contributed by atoms with Gasteiger partial charge in [0.1, 0.15) is 17.6 Å². The molecule has 1 unspecified atom stereocenters. The molecule has 176 valence electrons. The summed E-state index contributed by atoms with van der Waals surface area (Å²) in [4.78, 5) is 16.9. The molecular formula is C23H17Cl3F3N4O+. The summed E-state index contributed by atoms with van der Waals surface area (Å²) in [6, 6.07) is 18.2. The van der Waals surface area contributed by atoms with Crippen molar-refractivity contribution in [3.05, 3.63) is 106 Å². The maximum atomic E-state index is 13.2. The number of quaternary nitrogens is 1. The predicted octanol–water partition coefficient (Wildman–Crippen LogP) is 6.36. The lowest BCUT2D eigenvalue weighted by molar-refractivity contribution is -0.137. The number of hydrogen-bond acceptors (Lipinski definition) is 3. The fourth-order valence-electron chi connectivity index (χ4n) is 3.65. The largest absolute Gasteiger partial charge is 0.416 e. The quantitative estimate of drug-likeness (QED) is 0.179. The number of hydrogen-bond donors (Lipinski definition) is 2. The van der Waals surface area contributed by atoms with Gasteiger partial charge in [0.05, 0.1) is 16.1 Å². The van der Waals surface area contributed by atoms with Gasteiger partial charge in [0, 0.05) is 29.3 Å². The molecule has 0 radical (unpaired) electrons. The van der Waals surface area contributed by atoms with Crippen molar-refractivity contribution in [3.63, 3.8) is 0 Å². The molecular weight excluding hydrogens is 512 g/mol. The van der Waals surface area contributed by atoms with E-state index in [4.69, 9.17) is 29.0 Å². The highest BCUT2D eigenvalue weighted by atomic mass is 35.5. The zero-order chi connectivity index (χ0) is 23.8. The standard InChI is InChI=1S/C23H15Cl2F3N4O.ClH/c24-15-7-11-17(12-8-15)32(16-9-5-14(6-10-16)23(26,27)28)13-20(22(33)31-29)30-21(32)18-3-1-2-4-19(18)25;/h1-13H,29H2;1H/p+1. The fraction of sp³-hybridized carbons (Fsp3) is 0.0435. The van der Waals surface area contributed by atoms with Crippen molar-refractivity contribution in [2.75, 3.05) is 0 Å². The summed E-state index contributed by atoms with van der Waals surface area (Å²) >= 11 is 12.6. The van der Waals surface area contributed by atoms with Gasteiger partial charge in [-0.05, 0) is 36.4 Å². The lowest BCUT2D eigenvalue weighted by Crippen LogP contribution is -2.43. The summed E-state index contributed by atoms with van der Waals surface area (Å²) in [6.45, 7) is 0. The number of alkyl halides is 3. The summed E-state index contributed by atoms with van der Waals surface area (Å²) in [5.74, 6) is 4.97. The van der Waals surface area contributed by atoms with E-state index < -0.39 is 17.6 Å². The Morgan fingerprint density at radius 1 is 0.912 bits per heavy atom. The van der Waals surface area contributed by atoms with Crippen LogP contribution in [0, 0.1) is 0 Å². The predicted molar refractivity (Wildman–Crippen MR) is 130 cm³/mol. The molecule has 0 saturated carbocycles. The molecule has 3 aromatic carbocycles. The number of halogens is 6. The first-order valence-electron chi connectivity index (χ1n) is 9.57. The number of nitrogens with zero attached hydrogens (tertiary/aromatic N) is 2. The SMILES string of the molecule is Cl.NNC(=O)C1=C[N+](c2ccc(Cl)cc2)(c2ccc(C(F)(F)F)cc2)C(c2ccccc2Cl)=N1. The molecule has 0 fully saturated rings. The first kappa shape index (κ1) is 25.7. The normalized spacial score (nSPS) is 17.5. The number of amidine groups is 1.